The first-order valence-electron chi connectivity index (χ1n) is 10.6. The number of alkyl halides is 2. The van der Waals surface area contributed by atoms with Gasteiger partial charge in [-0.3, -0.25) is 9.99 Å². The lowest BCUT2D eigenvalue weighted by molar-refractivity contribution is 0.0696. The Balaban J connectivity index is 2.54. The molecule has 0 aliphatic rings. The van der Waals surface area contributed by atoms with Crippen molar-refractivity contribution in [2.45, 2.75) is 13.3 Å². The second-order valence-corrected chi connectivity index (χ2v) is 7.58. The molecule has 0 aliphatic heterocycles. The number of carboxylic acid groups (broad SMARTS) is 1. The van der Waals surface area contributed by atoms with E-state index < -0.39 is 18.1 Å². The van der Waals surface area contributed by atoms with Crippen LogP contribution in [-0.4, -0.2) is 47.9 Å². The first-order chi connectivity index (χ1) is 17.5. The maximum atomic E-state index is 13.7. The van der Waals surface area contributed by atoms with Crippen molar-refractivity contribution in [3.8, 4) is 11.5 Å². The number of rotatable bonds is 12. The van der Waals surface area contributed by atoms with E-state index in [1.807, 2.05) is 0 Å². The molecular formula is C25H28F2N6O4. The number of nitrogens with two attached hydrogens (primary N) is 2. The summed E-state index contributed by atoms with van der Waals surface area (Å²) in [5.74, 6) is 5.50. The number of hydrazine groups is 1. The van der Waals surface area contributed by atoms with Crippen LogP contribution in [0.1, 0.15) is 22.8 Å². The third-order valence-electron chi connectivity index (χ3n) is 4.72. The number of aliphatic imine (C=N–C) groups is 1. The number of benzene rings is 1. The van der Waals surface area contributed by atoms with Crippen molar-refractivity contribution in [3.63, 3.8) is 0 Å². The van der Waals surface area contributed by atoms with Gasteiger partial charge in [0.1, 0.15) is 28.8 Å². The Morgan fingerprint density at radius 2 is 1.76 bits per heavy atom. The molecule has 1 aromatic carbocycles. The highest BCUT2D eigenvalue weighted by Crippen LogP contribution is 2.27. The highest BCUT2D eigenvalue weighted by atomic mass is 19.3. The van der Waals surface area contributed by atoms with Crippen LogP contribution in [0.25, 0.3) is 5.57 Å². The number of hydrogen-bond acceptors (Lipinski definition) is 9. The van der Waals surface area contributed by atoms with E-state index in [1.54, 1.807) is 18.2 Å². The fourth-order valence-electron chi connectivity index (χ4n) is 2.97. The van der Waals surface area contributed by atoms with Gasteiger partial charge >= 0.3 is 5.97 Å². The van der Waals surface area contributed by atoms with Crippen molar-refractivity contribution in [3.05, 3.63) is 89.9 Å². The number of nitrogens with one attached hydrogen (secondary N) is 1. The Kier molecular flexibility index (Phi) is 9.90. The molecule has 12 heteroatoms. The molecule has 2 aromatic rings. The largest absolute Gasteiger partial charge is 0.497 e. The number of nitrogens with zero attached hydrogens (tertiary/aromatic N) is 3. The molecule has 0 fully saturated rings. The molecule has 0 radical (unpaired) electrons. The molecule has 6 N–H and O–H groups in total. The van der Waals surface area contributed by atoms with Crippen LogP contribution in [0.5, 0.6) is 11.5 Å². The number of aromatic nitrogens is 1. The van der Waals surface area contributed by atoms with E-state index >= 15 is 0 Å². The summed E-state index contributed by atoms with van der Waals surface area (Å²) < 4.78 is 37.9. The Labute approximate surface area is 212 Å². The van der Waals surface area contributed by atoms with Gasteiger partial charge in [-0.2, -0.15) is 0 Å². The number of allylic oxidation sites excluding steroid dienone is 4. The number of hydrogen-bond donors (Lipinski definition) is 4. The molecule has 0 saturated carbocycles. The van der Waals surface area contributed by atoms with Gasteiger partial charge in [0.05, 0.1) is 19.8 Å². The Morgan fingerprint density at radius 3 is 2.27 bits per heavy atom. The molecule has 0 bridgehead atoms. The molecule has 2 rings (SSSR count). The molecule has 0 spiro atoms. The molecule has 10 nitrogen and oxygen atoms in total. The number of ether oxygens (including phenoxy) is 2. The van der Waals surface area contributed by atoms with Gasteiger partial charge in [-0.25, -0.2) is 24.4 Å². The fourth-order valence-corrected chi connectivity index (χ4v) is 2.97. The summed E-state index contributed by atoms with van der Waals surface area (Å²) in [6.07, 6.45) is 1.71. The summed E-state index contributed by atoms with van der Waals surface area (Å²) >= 11 is 0. The van der Waals surface area contributed by atoms with Crippen LogP contribution < -0.4 is 26.4 Å². The molecule has 1 heterocycles. The lowest BCUT2D eigenvalue weighted by Gasteiger charge is -2.24. The zero-order valence-electron chi connectivity index (χ0n) is 20.5. The minimum Gasteiger partial charge on any atom is -0.497 e. The van der Waals surface area contributed by atoms with E-state index in [1.165, 1.54) is 39.6 Å². The standard InChI is InChI=1S/C25H28F2N6O4/c1-14(2)6-22(23(26)27)33(29)24(28)21(16-7-17(25(34)35)12-30-11-16)13-31-15(3)32-18-8-19(36-4)10-20(9-18)37-5/h6-13,23,32H,1,3,28-29H2,2,4-5H3,(H,34,35)/b22-6-,24-21-,31-13-. The average molecular weight is 515 g/mol. The van der Waals surface area contributed by atoms with E-state index in [4.69, 9.17) is 21.1 Å². The Bertz CT molecular complexity index is 1250. The third-order valence-corrected chi connectivity index (χ3v) is 4.72. The van der Waals surface area contributed by atoms with Crippen molar-refractivity contribution in [1.29, 1.82) is 0 Å². The second kappa shape index (κ2) is 12.8. The summed E-state index contributed by atoms with van der Waals surface area (Å²) in [7, 11) is 3.00. The SMILES string of the molecule is C=C(C)/C=C(/C(F)F)N(N)/C(N)=C(/C=N\C(=C)Nc1cc(OC)cc(OC)c1)c1cncc(C(=O)O)c1. The lowest BCUT2D eigenvalue weighted by Crippen LogP contribution is -2.37. The van der Waals surface area contributed by atoms with Crippen molar-refractivity contribution < 1.29 is 28.2 Å². The van der Waals surface area contributed by atoms with Crippen LogP contribution in [0.3, 0.4) is 0 Å². The zero-order chi connectivity index (χ0) is 27.7. The van der Waals surface area contributed by atoms with Crippen LogP contribution in [-0.2, 0) is 0 Å². The quantitative estimate of drug-likeness (QED) is 0.143. The van der Waals surface area contributed by atoms with Crippen molar-refractivity contribution >= 4 is 23.4 Å². The highest BCUT2D eigenvalue weighted by Gasteiger charge is 2.21. The summed E-state index contributed by atoms with van der Waals surface area (Å²) in [5, 5.41) is 12.9. The normalized spacial score (nSPS) is 12.2. The number of methoxy groups -OCH3 is 2. The van der Waals surface area contributed by atoms with Crippen LogP contribution in [0.2, 0.25) is 0 Å². The van der Waals surface area contributed by atoms with Crippen LogP contribution in [0, 0.1) is 0 Å². The summed E-state index contributed by atoms with van der Waals surface area (Å²) in [5.41, 5.74) is 6.42. The summed E-state index contributed by atoms with van der Waals surface area (Å²) in [6.45, 7) is 8.93. The number of pyridine rings is 1. The van der Waals surface area contributed by atoms with Crippen LogP contribution in [0.4, 0.5) is 14.5 Å². The Morgan fingerprint density at radius 1 is 1.16 bits per heavy atom. The molecule has 1 aromatic heterocycles. The molecular weight excluding hydrogens is 486 g/mol. The predicted molar refractivity (Wildman–Crippen MR) is 138 cm³/mol. The number of carbonyl (C=O) groups is 1. The van der Waals surface area contributed by atoms with E-state index in [2.05, 4.69) is 28.5 Å². The average Bonchev–Trinajstić information content (AvgIpc) is 2.86. The van der Waals surface area contributed by atoms with Gasteiger partial charge in [0.25, 0.3) is 6.43 Å². The number of aromatic carboxylic acids is 1. The maximum absolute atomic E-state index is 13.7. The predicted octanol–water partition coefficient (Wildman–Crippen LogP) is 3.98. The van der Waals surface area contributed by atoms with Crippen molar-refractivity contribution in [2.24, 2.45) is 16.6 Å². The van der Waals surface area contributed by atoms with Gasteiger partial charge in [-0.05, 0) is 19.1 Å². The molecule has 0 aliphatic carbocycles. The number of carboxylic acids is 1. The molecule has 196 valence electrons. The van der Waals surface area contributed by atoms with E-state index in [0.717, 1.165) is 12.3 Å². The minimum absolute atomic E-state index is 0.0116. The van der Waals surface area contributed by atoms with Gasteiger partial charge in [0.15, 0.2) is 0 Å². The topological polar surface area (TPSA) is 148 Å². The molecule has 0 atom stereocenters. The van der Waals surface area contributed by atoms with Gasteiger partial charge in [-0.1, -0.05) is 18.7 Å². The zero-order valence-corrected chi connectivity index (χ0v) is 20.5. The number of halogens is 2. The third kappa shape index (κ3) is 7.90. The van der Waals surface area contributed by atoms with Crippen molar-refractivity contribution in [1.82, 2.24) is 9.99 Å². The monoisotopic (exact) mass is 514 g/mol. The van der Waals surface area contributed by atoms with E-state index in [0.29, 0.717) is 27.8 Å². The van der Waals surface area contributed by atoms with Gasteiger partial charge in [0.2, 0.25) is 0 Å². The highest BCUT2D eigenvalue weighted by molar-refractivity contribution is 6.11. The minimum atomic E-state index is -2.98. The molecule has 0 amide bonds. The fraction of sp³-hybridized carbons (Fsp3) is 0.160. The molecule has 0 unspecified atom stereocenters. The van der Waals surface area contributed by atoms with Crippen molar-refractivity contribution in [2.75, 3.05) is 19.5 Å². The van der Waals surface area contributed by atoms with E-state index in [9.17, 15) is 18.7 Å². The van der Waals surface area contributed by atoms with Gasteiger partial charge in [0, 0.05) is 53.6 Å². The first-order valence-corrected chi connectivity index (χ1v) is 10.6. The van der Waals surface area contributed by atoms with E-state index in [-0.39, 0.29) is 28.3 Å². The second-order valence-electron chi connectivity index (χ2n) is 7.58. The first kappa shape index (κ1) is 28.5. The van der Waals surface area contributed by atoms with Gasteiger partial charge in [-0.15, -0.1) is 0 Å². The van der Waals surface area contributed by atoms with Crippen LogP contribution >= 0.6 is 0 Å². The summed E-state index contributed by atoms with van der Waals surface area (Å²) in [4.78, 5) is 19.6. The number of anilines is 1. The lowest BCUT2D eigenvalue weighted by atomic mass is 10.1. The molecule has 0 saturated heterocycles. The van der Waals surface area contributed by atoms with Crippen LogP contribution in [0.15, 0.2) is 83.8 Å². The summed E-state index contributed by atoms with van der Waals surface area (Å²) in [6, 6.07) is 6.28. The Hall–Kier alpha value is -4.71. The molecule has 37 heavy (non-hydrogen) atoms. The smallest absolute Gasteiger partial charge is 0.337 e. The maximum Gasteiger partial charge on any atom is 0.337 e. The van der Waals surface area contributed by atoms with Gasteiger partial charge < -0.3 is 25.6 Å².